The molecule has 32 heavy (non-hydrogen) atoms. The van der Waals surface area contributed by atoms with Gasteiger partial charge in [-0.15, -0.1) is 0 Å². The van der Waals surface area contributed by atoms with E-state index in [-0.39, 0.29) is 15.3 Å². The van der Waals surface area contributed by atoms with Crippen molar-refractivity contribution >= 4 is 20.9 Å². The van der Waals surface area contributed by atoms with Crippen LogP contribution < -0.4 is 0 Å². The summed E-state index contributed by atoms with van der Waals surface area (Å²) in [5, 5.41) is 9.61. The molecule has 0 saturated carbocycles. The van der Waals surface area contributed by atoms with Crippen molar-refractivity contribution in [3.05, 3.63) is 47.9 Å². The van der Waals surface area contributed by atoms with Crippen molar-refractivity contribution in [2.24, 2.45) is 5.92 Å². The van der Waals surface area contributed by atoms with Gasteiger partial charge in [-0.05, 0) is 55.5 Å². The van der Waals surface area contributed by atoms with E-state index in [4.69, 9.17) is 9.72 Å². The van der Waals surface area contributed by atoms with Crippen LogP contribution in [0.5, 0.6) is 0 Å². The van der Waals surface area contributed by atoms with Crippen LogP contribution >= 0.6 is 0 Å². The van der Waals surface area contributed by atoms with E-state index < -0.39 is 15.9 Å². The summed E-state index contributed by atoms with van der Waals surface area (Å²) in [4.78, 5) is 9.12. The van der Waals surface area contributed by atoms with E-state index >= 15 is 0 Å². The molecule has 0 spiro atoms. The van der Waals surface area contributed by atoms with Gasteiger partial charge in [0.1, 0.15) is 5.82 Å². The first-order valence-electron chi connectivity index (χ1n) is 11.0. The number of aromatic nitrogens is 3. The maximum Gasteiger partial charge on any atom is 0.223 e. The quantitative estimate of drug-likeness (QED) is 0.621. The van der Waals surface area contributed by atoms with Crippen LogP contribution in [0, 0.1) is 5.92 Å². The van der Waals surface area contributed by atoms with Crippen LogP contribution in [-0.2, 0) is 26.5 Å². The Balaban J connectivity index is 1.75. The highest BCUT2D eigenvalue weighted by atomic mass is 32.2. The molecule has 0 radical (unpaired) electrons. The van der Waals surface area contributed by atoms with Crippen LogP contribution in [0.3, 0.4) is 0 Å². The molecule has 0 bridgehead atoms. The molecule has 1 aliphatic heterocycles. The van der Waals surface area contributed by atoms with Crippen molar-refractivity contribution in [1.29, 1.82) is 0 Å². The number of nitrogens with zero attached hydrogens (tertiary/aromatic N) is 3. The fourth-order valence-corrected chi connectivity index (χ4v) is 5.33. The summed E-state index contributed by atoms with van der Waals surface area (Å²) in [5.74, 6) is 1.47. The fraction of sp³-hybridized carbons (Fsp3) is 0.500. The number of pyridine rings is 1. The second kappa shape index (κ2) is 8.57. The Morgan fingerprint density at radius 2 is 1.91 bits per heavy atom. The predicted molar refractivity (Wildman–Crippen MR) is 122 cm³/mol. The van der Waals surface area contributed by atoms with E-state index in [9.17, 15) is 13.5 Å². The van der Waals surface area contributed by atoms with E-state index in [1.165, 1.54) is 12.3 Å². The lowest BCUT2D eigenvalue weighted by Gasteiger charge is -2.26. The lowest BCUT2D eigenvalue weighted by molar-refractivity contribution is 0.0611. The Labute approximate surface area is 189 Å². The maximum atomic E-state index is 13.2. The second-order valence-corrected chi connectivity index (χ2v) is 11.5. The summed E-state index contributed by atoms with van der Waals surface area (Å²) in [6, 6.07) is 8.16. The highest BCUT2D eigenvalue weighted by Crippen LogP contribution is 2.31. The number of fused-ring (bicyclic) bond motifs is 1. The van der Waals surface area contributed by atoms with Gasteiger partial charge in [0.15, 0.2) is 5.03 Å². The third-order valence-electron chi connectivity index (χ3n) is 6.00. The van der Waals surface area contributed by atoms with Crippen molar-refractivity contribution in [1.82, 2.24) is 14.5 Å². The van der Waals surface area contributed by atoms with Crippen LogP contribution in [-0.4, -0.2) is 41.3 Å². The van der Waals surface area contributed by atoms with Gasteiger partial charge in [-0.25, -0.2) is 18.4 Å². The Morgan fingerprint density at radius 3 is 2.50 bits per heavy atom. The largest absolute Gasteiger partial charge is 0.389 e. The minimum atomic E-state index is -3.80. The molecule has 8 heteroatoms. The molecule has 1 unspecified atom stereocenters. The first-order valence-corrected chi connectivity index (χ1v) is 12.5. The predicted octanol–water partition coefficient (Wildman–Crippen LogP) is 4.04. The van der Waals surface area contributed by atoms with Gasteiger partial charge in [0.05, 0.1) is 22.0 Å². The topological polar surface area (TPSA) is 94.3 Å². The lowest BCUT2D eigenvalue weighted by Crippen LogP contribution is -2.25. The number of hydrogen-bond acceptors (Lipinski definition) is 6. The van der Waals surface area contributed by atoms with Crippen LogP contribution in [0.4, 0.5) is 0 Å². The molecule has 2 aromatic heterocycles. The zero-order valence-corrected chi connectivity index (χ0v) is 19.9. The van der Waals surface area contributed by atoms with Crippen molar-refractivity contribution in [3.8, 4) is 0 Å². The number of hydrogen-bond donors (Lipinski definition) is 1. The molecule has 0 aliphatic carbocycles. The summed E-state index contributed by atoms with van der Waals surface area (Å²) in [6.07, 6.45) is 2.73. The van der Waals surface area contributed by atoms with Gasteiger partial charge in [0.2, 0.25) is 9.84 Å². The smallest absolute Gasteiger partial charge is 0.223 e. The van der Waals surface area contributed by atoms with Crippen LogP contribution in [0.25, 0.3) is 11.0 Å². The van der Waals surface area contributed by atoms with E-state index in [1.807, 2.05) is 6.07 Å². The minimum Gasteiger partial charge on any atom is -0.389 e. The maximum absolute atomic E-state index is 13.2. The Morgan fingerprint density at radius 1 is 1.19 bits per heavy atom. The molecule has 1 N–H and O–H groups in total. The zero-order chi connectivity index (χ0) is 23.1. The van der Waals surface area contributed by atoms with Gasteiger partial charge in [0.25, 0.3) is 0 Å². The Hall–Kier alpha value is -2.29. The molecule has 1 aromatic carbocycles. The molecular formula is C24H31N3O4S. The van der Waals surface area contributed by atoms with Gasteiger partial charge in [-0.1, -0.05) is 26.8 Å². The van der Waals surface area contributed by atoms with Gasteiger partial charge in [-0.2, -0.15) is 0 Å². The molecular weight excluding hydrogens is 426 g/mol. The van der Waals surface area contributed by atoms with Crippen molar-refractivity contribution in [2.75, 3.05) is 13.2 Å². The number of aliphatic hydroxyl groups excluding tert-OH is 1. The first-order chi connectivity index (χ1) is 15.1. The van der Waals surface area contributed by atoms with Gasteiger partial charge in [0, 0.05) is 31.4 Å². The molecule has 0 amide bonds. The van der Waals surface area contributed by atoms with Gasteiger partial charge >= 0.3 is 0 Å². The van der Waals surface area contributed by atoms with Crippen molar-refractivity contribution in [2.45, 2.75) is 68.5 Å². The highest BCUT2D eigenvalue weighted by Gasteiger charge is 2.27. The van der Waals surface area contributed by atoms with E-state index in [0.717, 1.165) is 43.9 Å². The third-order valence-corrected chi connectivity index (χ3v) is 7.67. The van der Waals surface area contributed by atoms with Crippen LogP contribution in [0.1, 0.15) is 58.0 Å². The van der Waals surface area contributed by atoms with Gasteiger partial charge in [-0.3, -0.25) is 0 Å². The van der Waals surface area contributed by atoms with Crippen LogP contribution in [0.15, 0.2) is 46.5 Å². The molecule has 1 fully saturated rings. The van der Waals surface area contributed by atoms with E-state index in [1.54, 1.807) is 25.1 Å². The molecule has 3 aromatic rings. The average molecular weight is 458 g/mol. The Kier molecular flexibility index (Phi) is 6.13. The SMILES string of the molecule is CC(O)c1ccc(S(=O)(=O)c2ccc3c(c2)nc(C(C)(C)C)n3CC2CCOCC2)nc1. The average Bonchev–Trinajstić information content (AvgIpc) is 3.13. The van der Waals surface area contributed by atoms with Crippen molar-refractivity contribution < 1.29 is 18.3 Å². The zero-order valence-electron chi connectivity index (χ0n) is 19.1. The normalized spacial score (nSPS) is 17.0. The first kappa shape index (κ1) is 22.9. The number of imidazole rings is 1. The number of rotatable bonds is 5. The highest BCUT2D eigenvalue weighted by molar-refractivity contribution is 7.91. The standard InChI is InChI=1S/C24H31N3O4S/c1-16(28)18-5-8-22(25-14-18)32(29,30)19-6-7-21-20(13-19)26-23(24(2,3)4)27(21)15-17-9-11-31-12-10-17/h5-8,13-14,16-17,28H,9-12,15H2,1-4H3. The molecule has 4 rings (SSSR count). The van der Waals surface area contributed by atoms with E-state index in [2.05, 4.69) is 30.3 Å². The molecule has 1 atom stereocenters. The van der Waals surface area contributed by atoms with Crippen LogP contribution in [0.2, 0.25) is 0 Å². The fourth-order valence-electron chi connectivity index (χ4n) is 4.14. The molecule has 3 heterocycles. The van der Waals surface area contributed by atoms with Crippen molar-refractivity contribution in [3.63, 3.8) is 0 Å². The molecule has 7 nitrogen and oxygen atoms in total. The number of sulfone groups is 1. The number of benzene rings is 1. The minimum absolute atomic E-state index is 0.0427. The summed E-state index contributed by atoms with van der Waals surface area (Å²) < 4.78 is 34.1. The molecule has 1 aliphatic rings. The summed E-state index contributed by atoms with van der Waals surface area (Å²) in [6.45, 7) is 10.4. The van der Waals surface area contributed by atoms with Gasteiger partial charge < -0.3 is 14.4 Å². The summed E-state index contributed by atoms with van der Waals surface area (Å²) in [7, 11) is -3.80. The summed E-state index contributed by atoms with van der Waals surface area (Å²) >= 11 is 0. The number of ether oxygens (including phenoxy) is 1. The lowest BCUT2D eigenvalue weighted by atomic mass is 9.94. The summed E-state index contributed by atoms with van der Waals surface area (Å²) in [5.41, 5.74) is 2.00. The third kappa shape index (κ3) is 4.44. The molecule has 172 valence electrons. The van der Waals surface area contributed by atoms with E-state index in [0.29, 0.717) is 17.0 Å². The monoisotopic (exact) mass is 457 g/mol. The second-order valence-electron chi connectivity index (χ2n) is 9.61. The number of aliphatic hydroxyl groups is 1. The Bertz CT molecular complexity index is 1200. The molecule has 1 saturated heterocycles.